The maximum absolute atomic E-state index is 9.69. The van der Waals surface area contributed by atoms with Crippen molar-refractivity contribution in [1.82, 2.24) is 20.1 Å². The van der Waals surface area contributed by atoms with E-state index in [9.17, 15) is 5.11 Å². The number of aliphatic hydroxyl groups is 1. The number of aromatic nitrogens is 3. The summed E-state index contributed by atoms with van der Waals surface area (Å²) < 4.78 is 2.01. The van der Waals surface area contributed by atoms with E-state index in [0.29, 0.717) is 6.04 Å². The van der Waals surface area contributed by atoms with Crippen LogP contribution in [0.2, 0.25) is 0 Å². The summed E-state index contributed by atoms with van der Waals surface area (Å²) in [6.07, 6.45) is 2.96. The lowest BCUT2D eigenvalue weighted by Crippen LogP contribution is -2.51. The van der Waals surface area contributed by atoms with Gasteiger partial charge >= 0.3 is 0 Å². The van der Waals surface area contributed by atoms with E-state index in [1.165, 1.54) is 0 Å². The third kappa shape index (κ3) is 4.75. The first-order valence-electron chi connectivity index (χ1n) is 7.31. The Morgan fingerprint density at radius 1 is 1.40 bits per heavy atom. The van der Waals surface area contributed by atoms with Crippen LogP contribution in [0.25, 0.3) is 0 Å². The monoisotopic (exact) mass is 300 g/mol. The van der Waals surface area contributed by atoms with Gasteiger partial charge in [0.1, 0.15) is 5.82 Å². The van der Waals surface area contributed by atoms with Crippen LogP contribution in [0.3, 0.4) is 0 Å². The molecular weight excluding hydrogens is 272 g/mol. The molecule has 0 aliphatic rings. The van der Waals surface area contributed by atoms with Gasteiger partial charge in [-0.2, -0.15) is 0 Å². The predicted octanol–water partition coefficient (Wildman–Crippen LogP) is 2.13. The number of hydrogen-bond donors (Lipinski definition) is 2. The highest BCUT2D eigenvalue weighted by atomic mass is 32.2. The molecule has 0 aliphatic heterocycles. The Morgan fingerprint density at radius 3 is 2.55 bits per heavy atom. The molecule has 20 heavy (non-hydrogen) atoms. The average molecular weight is 300 g/mol. The van der Waals surface area contributed by atoms with E-state index in [0.717, 1.165) is 36.0 Å². The van der Waals surface area contributed by atoms with E-state index in [4.69, 9.17) is 0 Å². The predicted molar refractivity (Wildman–Crippen MR) is 84.1 cm³/mol. The van der Waals surface area contributed by atoms with E-state index in [1.807, 2.05) is 18.5 Å². The molecule has 0 bridgehead atoms. The topological polar surface area (TPSA) is 63.0 Å². The summed E-state index contributed by atoms with van der Waals surface area (Å²) in [7, 11) is 1.99. The Hall–Kier alpha value is -0.590. The highest BCUT2D eigenvalue weighted by Crippen LogP contribution is 2.22. The third-order valence-electron chi connectivity index (χ3n) is 3.66. The Morgan fingerprint density at radius 2 is 2.10 bits per heavy atom. The zero-order valence-corrected chi connectivity index (χ0v) is 14.1. The second kappa shape index (κ2) is 8.00. The molecular formula is C14H28N4OS. The van der Waals surface area contributed by atoms with Gasteiger partial charge in [0.05, 0.1) is 6.61 Å². The lowest BCUT2D eigenvalue weighted by atomic mass is 9.91. The van der Waals surface area contributed by atoms with Crippen molar-refractivity contribution >= 4 is 11.8 Å². The summed E-state index contributed by atoms with van der Waals surface area (Å²) in [5, 5.41) is 22.4. The van der Waals surface area contributed by atoms with Crippen molar-refractivity contribution in [3.8, 4) is 0 Å². The van der Waals surface area contributed by atoms with E-state index < -0.39 is 0 Å². The number of hydrogen-bond acceptors (Lipinski definition) is 5. The van der Waals surface area contributed by atoms with Gasteiger partial charge < -0.3 is 15.0 Å². The first-order chi connectivity index (χ1) is 9.44. The van der Waals surface area contributed by atoms with Gasteiger partial charge in [-0.3, -0.25) is 0 Å². The summed E-state index contributed by atoms with van der Waals surface area (Å²) in [6.45, 7) is 8.52. The van der Waals surface area contributed by atoms with E-state index in [-0.39, 0.29) is 12.1 Å². The second-order valence-electron chi connectivity index (χ2n) is 5.63. The summed E-state index contributed by atoms with van der Waals surface area (Å²) >= 11 is 1.73. The van der Waals surface area contributed by atoms with Crippen LogP contribution in [0.15, 0.2) is 5.16 Å². The van der Waals surface area contributed by atoms with Crippen molar-refractivity contribution in [3.05, 3.63) is 5.82 Å². The summed E-state index contributed by atoms with van der Waals surface area (Å²) in [5.41, 5.74) is -0.148. The molecule has 1 unspecified atom stereocenters. The molecule has 0 spiro atoms. The Balaban J connectivity index is 2.43. The van der Waals surface area contributed by atoms with Crippen molar-refractivity contribution in [2.45, 2.75) is 63.7 Å². The molecule has 1 rings (SSSR count). The summed E-state index contributed by atoms with van der Waals surface area (Å²) in [4.78, 5) is 0. The van der Waals surface area contributed by atoms with Crippen molar-refractivity contribution in [2.75, 3.05) is 12.4 Å². The normalized spacial score (nSPS) is 14.8. The largest absolute Gasteiger partial charge is 0.394 e. The van der Waals surface area contributed by atoms with Crippen LogP contribution in [0.1, 0.15) is 45.9 Å². The lowest BCUT2D eigenvalue weighted by Gasteiger charge is -2.34. The molecule has 2 N–H and O–H groups in total. The van der Waals surface area contributed by atoms with Gasteiger partial charge in [-0.1, -0.05) is 32.5 Å². The second-order valence-corrected chi connectivity index (χ2v) is 6.69. The maximum atomic E-state index is 9.69. The van der Waals surface area contributed by atoms with Gasteiger partial charge in [0.25, 0.3) is 0 Å². The van der Waals surface area contributed by atoms with E-state index in [2.05, 4.69) is 36.3 Å². The zero-order chi connectivity index (χ0) is 15.2. The smallest absolute Gasteiger partial charge is 0.190 e. The van der Waals surface area contributed by atoms with Gasteiger partial charge in [0, 0.05) is 24.4 Å². The van der Waals surface area contributed by atoms with Gasteiger partial charge in [-0.05, 0) is 26.2 Å². The van der Waals surface area contributed by atoms with Gasteiger partial charge in [0.15, 0.2) is 5.16 Å². The lowest BCUT2D eigenvalue weighted by molar-refractivity contribution is 0.137. The molecule has 1 atom stereocenters. The van der Waals surface area contributed by atoms with Crippen molar-refractivity contribution in [3.63, 3.8) is 0 Å². The quantitative estimate of drug-likeness (QED) is 0.540. The molecule has 0 aromatic carbocycles. The first kappa shape index (κ1) is 17.5. The van der Waals surface area contributed by atoms with Crippen LogP contribution < -0.4 is 5.32 Å². The molecule has 5 nitrogen and oxygen atoms in total. The molecule has 0 fully saturated rings. The molecule has 0 saturated carbocycles. The number of aliphatic hydroxyl groups excluding tert-OH is 1. The van der Waals surface area contributed by atoms with Crippen molar-refractivity contribution in [2.24, 2.45) is 7.05 Å². The van der Waals surface area contributed by atoms with Crippen LogP contribution in [0.4, 0.5) is 0 Å². The highest BCUT2D eigenvalue weighted by molar-refractivity contribution is 7.99. The number of thioether (sulfide) groups is 1. The Labute approximate surface area is 126 Å². The van der Waals surface area contributed by atoms with Crippen LogP contribution >= 0.6 is 11.8 Å². The molecule has 0 saturated heterocycles. The molecule has 6 heteroatoms. The average Bonchev–Trinajstić information content (AvgIpc) is 2.73. The fourth-order valence-corrected chi connectivity index (χ4v) is 3.18. The SMILES string of the molecule is CCC(CO)(CCCSc1nnc(C)n1C)NC(C)C. The minimum atomic E-state index is -0.148. The zero-order valence-electron chi connectivity index (χ0n) is 13.3. The van der Waals surface area contributed by atoms with Crippen LogP contribution in [0, 0.1) is 6.92 Å². The minimum absolute atomic E-state index is 0.148. The van der Waals surface area contributed by atoms with Crippen molar-refractivity contribution in [1.29, 1.82) is 0 Å². The van der Waals surface area contributed by atoms with Gasteiger partial charge in [-0.15, -0.1) is 10.2 Å². The first-order valence-corrected chi connectivity index (χ1v) is 8.30. The number of aryl methyl sites for hydroxylation is 1. The Bertz CT molecular complexity index is 402. The third-order valence-corrected chi connectivity index (χ3v) is 4.76. The molecule has 116 valence electrons. The van der Waals surface area contributed by atoms with Crippen LogP contribution in [-0.4, -0.2) is 43.8 Å². The van der Waals surface area contributed by atoms with E-state index in [1.54, 1.807) is 11.8 Å². The molecule has 1 heterocycles. The van der Waals surface area contributed by atoms with Crippen LogP contribution in [-0.2, 0) is 7.05 Å². The summed E-state index contributed by atoms with van der Waals surface area (Å²) in [5.74, 6) is 1.93. The van der Waals surface area contributed by atoms with Gasteiger partial charge in [0.2, 0.25) is 0 Å². The fraction of sp³-hybridized carbons (Fsp3) is 0.857. The number of rotatable bonds is 9. The number of nitrogens with zero attached hydrogens (tertiary/aromatic N) is 3. The molecule has 0 radical (unpaired) electrons. The highest BCUT2D eigenvalue weighted by Gasteiger charge is 2.27. The van der Waals surface area contributed by atoms with Crippen molar-refractivity contribution < 1.29 is 5.11 Å². The molecule has 0 aliphatic carbocycles. The van der Waals surface area contributed by atoms with Gasteiger partial charge in [-0.25, -0.2) is 0 Å². The molecule has 0 amide bonds. The van der Waals surface area contributed by atoms with Crippen LogP contribution in [0.5, 0.6) is 0 Å². The standard InChI is InChI=1S/C14H28N4OS/c1-6-14(10-19,15-11(2)3)8-7-9-20-13-17-16-12(4)18(13)5/h11,15,19H,6-10H2,1-5H3. The Kier molecular flexibility index (Phi) is 6.99. The maximum Gasteiger partial charge on any atom is 0.190 e. The van der Waals surface area contributed by atoms with E-state index >= 15 is 0 Å². The molecule has 1 aromatic heterocycles. The number of nitrogens with one attached hydrogen (secondary N) is 1. The minimum Gasteiger partial charge on any atom is -0.394 e. The summed E-state index contributed by atoms with van der Waals surface area (Å²) in [6, 6.07) is 0.385. The molecule has 1 aromatic rings. The fourth-order valence-electron chi connectivity index (χ4n) is 2.29.